The Balaban J connectivity index is 2.35. The Bertz CT molecular complexity index is 664. The van der Waals surface area contributed by atoms with Crippen molar-refractivity contribution in [3.05, 3.63) is 54.7 Å². The van der Waals surface area contributed by atoms with Gasteiger partial charge in [0.25, 0.3) is 0 Å². The quantitative estimate of drug-likeness (QED) is 0.463. The van der Waals surface area contributed by atoms with E-state index in [1.165, 1.54) is 0 Å². The van der Waals surface area contributed by atoms with E-state index in [4.69, 9.17) is 58.0 Å². The predicted octanol–water partition coefficient (Wildman–Crippen LogP) is 6.83. The summed E-state index contributed by atoms with van der Waals surface area (Å²) in [6.45, 7) is 3.83. The third kappa shape index (κ3) is 3.69. The molecular formula is C14H11Cl5N2. The third-order valence-corrected chi connectivity index (χ3v) is 4.81. The molecule has 1 aromatic heterocycles. The summed E-state index contributed by atoms with van der Waals surface area (Å²) >= 11 is 30.2. The van der Waals surface area contributed by atoms with Gasteiger partial charge in [-0.15, -0.1) is 0 Å². The van der Waals surface area contributed by atoms with E-state index in [0.717, 1.165) is 11.1 Å². The first-order valence-electron chi connectivity index (χ1n) is 6.03. The van der Waals surface area contributed by atoms with Crippen molar-refractivity contribution < 1.29 is 0 Å². The Morgan fingerprint density at radius 3 is 2.33 bits per heavy atom. The lowest BCUT2D eigenvalue weighted by atomic mass is 10.1. The zero-order valence-electron chi connectivity index (χ0n) is 11.1. The van der Waals surface area contributed by atoms with E-state index in [0.29, 0.717) is 31.1 Å². The van der Waals surface area contributed by atoms with Crippen LogP contribution in [0.1, 0.15) is 24.1 Å². The van der Waals surface area contributed by atoms with Gasteiger partial charge >= 0.3 is 0 Å². The number of pyridine rings is 1. The topological polar surface area (TPSA) is 24.9 Å². The molecule has 2 nitrogen and oxygen atoms in total. The number of aromatic nitrogens is 1. The molecular weight excluding hydrogens is 373 g/mol. The van der Waals surface area contributed by atoms with Gasteiger partial charge in [0.15, 0.2) is 5.15 Å². The van der Waals surface area contributed by atoms with Crippen molar-refractivity contribution >= 4 is 63.7 Å². The molecule has 2 rings (SSSR count). The molecule has 0 fully saturated rings. The van der Waals surface area contributed by atoms with Crippen LogP contribution in [0.25, 0.3) is 0 Å². The van der Waals surface area contributed by atoms with Gasteiger partial charge < -0.3 is 5.32 Å². The minimum atomic E-state index is -0.133. The number of rotatable bonds is 3. The number of hydrogen-bond acceptors (Lipinski definition) is 2. The summed E-state index contributed by atoms with van der Waals surface area (Å²) in [5.74, 6) is 0. The SMILES string of the molecule is Cc1cc(Cl)nc(Cl)c1NC(C)c1ccc(Cl)c(Cl)c1Cl. The van der Waals surface area contributed by atoms with E-state index in [2.05, 4.69) is 10.3 Å². The zero-order valence-corrected chi connectivity index (χ0v) is 14.9. The van der Waals surface area contributed by atoms with Crippen LogP contribution in [0.15, 0.2) is 18.2 Å². The summed E-state index contributed by atoms with van der Waals surface area (Å²) in [4.78, 5) is 4.02. The highest BCUT2D eigenvalue weighted by Crippen LogP contribution is 2.37. The number of benzene rings is 1. The van der Waals surface area contributed by atoms with Gasteiger partial charge in [0.2, 0.25) is 0 Å². The number of nitrogens with one attached hydrogen (secondary N) is 1. The first-order valence-corrected chi connectivity index (χ1v) is 7.92. The van der Waals surface area contributed by atoms with E-state index < -0.39 is 0 Å². The molecule has 0 aliphatic heterocycles. The average molecular weight is 385 g/mol. The first kappa shape index (κ1) is 17.0. The van der Waals surface area contributed by atoms with Gasteiger partial charge in [0, 0.05) is 0 Å². The van der Waals surface area contributed by atoms with Gasteiger partial charge in [0.1, 0.15) is 5.15 Å². The fraction of sp³-hybridized carbons (Fsp3) is 0.214. The van der Waals surface area contributed by atoms with E-state index in [-0.39, 0.29) is 6.04 Å². The Morgan fingerprint density at radius 2 is 1.71 bits per heavy atom. The molecule has 0 bridgehead atoms. The molecule has 0 spiro atoms. The van der Waals surface area contributed by atoms with Crippen LogP contribution in [-0.4, -0.2) is 4.98 Å². The maximum atomic E-state index is 6.24. The summed E-state index contributed by atoms with van der Waals surface area (Å²) < 4.78 is 0. The summed E-state index contributed by atoms with van der Waals surface area (Å²) in [7, 11) is 0. The number of nitrogens with zero attached hydrogens (tertiary/aromatic N) is 1. The van der Waals surface area contributed by atoms with Crippen LogP contribution in [0, 0.1) is 6.92 Å². The second kappa shape index (κ2) is 6.80. The van der Waals surface area contributed by atoms with Crippen molar-refractivity contribution in [2.75, 3.05) is 5.32 Å². The Labute approximate surface area is 148 Å². The highest BCUT2D eigenvalue weighted by molar-refractivity contribution is 6.48. The van der Waals surface area contributed by atoms with Crippen LogP contribution >= 0.6 is 58.0 Å². The van der Waals surface area contributed by atoms with Crippen LogP contribution in [0.2, 0.25) is 25.4 Å². The summed E-state index contributed by atoms with van der Waals surface area (Å²) in [5.41, 5.74) is 2.41. The van der Waals surface area contributed by atoms with Crippen molar-refractivity contribution in [3.8, 4) is 0 Å². The highest BCUT2D eigenvalue weighted by atomic mass is 35.5. The summed E-state index contributed by atoms with van der Waals surface area (Å²) in [5, 5.41) is 5.10. The van der Waals surface area contributed by atoms with Crippen LogP contribution in [0.5, 0.6) is 0 Å². The van der Waals surface area contributed by atoms with Crippen molar-refractivity contribution in [2.24, 2.45) is 0 Å². The lowest BCUT2D eigenvalue weighted by Crippen LogP contribution is -2.09. The van der Waals surface area contributed by atoms with Crippen LogP contribution in [0.3, 0.4) is 0 Å². The fourth-order valence-electron chi connectivity index (χ4n) is 1.94. The second-order valence-corrected chi connectivity index (χ2v) is 6.47. The maximum absolute atomic E-state index is 6.24. The fourth-order valence-corrected chi connectivity index (χ4v) is 3.23. The maximum Gasteiger partial charge on any atom is 0.154 e. The number of hydrogen-bond donors (Lipinski definition) is 1. The summed E-state index contributed by atoms with van der Waals surface area (Å²) in [6, 6.07) is 5.13. The van der Waals surface area contributed by atoms with Gasteiger partial charge in [-0.05, 0) is 37.1 Å². The molecule has 7 heteroatoms. The lowest BCUT2D eigenvalue weighted by Gasteiger charge is -2.20. The zero-order chi connectivity index (χ0) is 15.7. The normalized spacial score (nSPS) is 12.3. The molecule has 2 aromatic rings. The Kier molecular flexibility index (Phi) is 5.50. The molecule has 1 aromatic carbocycles. The van der Waals surface area contributed by atoms with Gasteiger partial charge in [-0.2, -0.15) is 0 Å². The van der Waals surface area contributed by atoms with Crippen LogP contribution in [-0.2, 0) is 0 Å². The van der Waals surface area contributed by atoms with Crippen molar-refractivity contribution in [3.63, 3.8) is 0 Å². The van der Waals surface area contributed by atoms with E-state index in [9.17, 15) is 0 Å². The molecule has 0 aliphatic carbocycles. The minimum absolute atomic E-state index is 0.133. The van der Waals surface area contributed by atoms with Gasteiger partial charge in [0.05, 0.1) is 26.8 Å². The molecule has 1 atom stereocenters. The Morgan fingerprint density at radius 1 is 1.05 bits per heavy atom. The average Bonchev–Trinajstić information content (AvgIpc) is 2.40. The largest absolute Gasteiger partial charge is 0.376 e. The predicted molar refractivity (Wildman–Crippen MR) is 92.5 cm³/mol. The Hall–Kier alpha value is -0.380. The summed E-state index contributed by atoms with van der Waals surface area (Å²) in [6.07, 6.45) is 0. The molecule has 0 saturated heterocycles. The van der Waals surface area contributed by atoms with Crippen molar-refractivity contribution in [2.45, 2.75) is 19.9 Å². The van der Waals surface area contributed by atoms with E-state index in [1.807, 2.05) is 19.9 Å². The third-order valence-electron chi connectivity index (χ3n) is 3.03. The molecule has 0 saturated carbocycles. The second-order valence-electron chi connectivity index (χ2n) is 4.56. The molecule has 0 amide bonds. The highest BCUT2D eigenvalue weighted by Gasteiger charge is 2.17. The lowest BCUT2D eigenvalue weighted by molar-refractivity contribution is 0.881. The number of aryl methyl sites for hydroxylation is 1. The van der Waals surface area contributed by atoms with E-state index in [1.54, 1.807) is 12.1 Å². The van der Waals surface area contributed by atoms with E-state index >= 15 is 0 Å². The van der Waals surface area contributed by atoms with Gasteiger partial charge in [-0.1, -0.05) is 64.1 Å². The molecule has 0 aliphatic rings. The van der Waals surface area contributed by atoms with Gasteiger partial charge in [-0.25, -0.2) is 4.98 Å². The van der Waals surface area contributed by atoms with Gasteiger partial charge in [-0.3, -0.25) is 0 Å². The molecule has 112 valence electrons. The van der Waals surface area contributed by atoms with Crippen molar-refractivity contribution in [1.82, 2.24) is 4.98 Å². The van der Waals surface area contributed by atoms with Crippen LogP contribution < -0.4 is 5.32 Å². The molecule has 1 unspecified atom stereocenters. The number of anilines is 1. The minimum Gasteiger partial charge on any atom is -0.376 e. The standard InChI is InChI=1S/C14H11Cl5N2/c1-6-5-10(16)21-14(19)13(6)20-7(2)8-3-4-9(15)12(18)11(8)17/h3-5,7,20H,1-2H3. The molecule has 1 N–H and O–H groups in total. The van der Waals surface area contributed by atoms with Crippen LogP contribution in [0.4, 0.5) is 5.69 Å². The molecule has 21 heavy (non-hydrogen) atoms. The molecule has 1 heterocycles. The van der Waals surface area contributed by atoms with Crippen molar-refractivity contribution in [1.29, 1.82) is 0 Å². The molecule has 0 radical (unpaired) electrons. The first-order chi connectivity index (χ1) is 9.81. The monoisotopic (exact) mass is 382 g/mol. The number of halogens is 5. The smallest absolute Gasteiger partial charge is 0.154 e.